The van der Waals surface area contributed by atoms with Gasteiger partial charge in [0.05, 0.1) is 0 Å². The lowest BCUT2D eigenvalue weighted by molar-refractivity contribution is -0.275. The highest BCUT2D eigenvalue weighted by Crippen LogP contribution is 2.45. The fraction of sp³-hybridized carbons (Fsp3) is 0.471. The molecule has 1 unspecified atom stereocenters. The van der Waals surface area contributed by atoms with Crippen molar-refractivity contribution in [2.75, 3.05) is 0 Å². The number of rotatable bonds is 8. The molecule has 2 aliphatic carbocycles. The highest BCUT2D eigenvalue weighted by molar-refractivity contribution is 5.41. The van der Waals surface area contributed by atoms with Crippen LogP contribution in [0.4, 0.5) is 39.5 Å². The van der Waals surface area contributed by atoms with Crippen LogP contribution in [0.15, 0.2) is 30.3 Å². The number of alkyl halides is 3. The Morgan fingerprint density at radius 3 is 2.00 bits per heavy atom. The molecule has 3 aromatic rings. The van der Waals surface area contributed by atoms with Gasteiger partial charge in [-0.05, 0) is 128 Å². The summed E-state index contributed by atoms with van der Waals surface area (Å²) >= 11 is 0. The van der Waals surface area contributed by atoms with E-state index in [1.54, 1.807) is 0 Å². The Balaban J connectivity index is 1.25. The van der Waals surface area contributed by atoms with Gasteiger partial charge in [0.2, 0.25) is 0 Å². The van der Waals surface area contributed by atoms with Crippen molar-refractivity contribution in [3.63, 3.8) is 0 Å². The molecule has 0 spiro atoms. The van der Waals surface area contributed by atoms with Gasteiger partial charge in [-0.2, -0.15) is 0 Å². The van der Waals surface area contributed by atoms with E-state index in [1.807, 2.05) is 6.92 Å². The molecule has 2 aliphatic rings. The molecule has 0 bridgehead atoms. The molecule has 238 valence electrons. The van der Waals surface area contributed by atoms with E-state index in [1.165, 1.54) is 18.2 Å². The number of aryl methyl sites for hydroxylation is 1. The maximum atomic E-state index is 15.8. The Hall–Kier alpha value is -3.17. The van der Waals surface area contributed by atoms with E-state index in [0.29, 0.717) is 43.2 Å². The third-order valence-electron chi connectivity index (χ3n) is 9.19. The van der Waals surface area contributed by atoms with Crippen molar-refractivity contribution in [2.45, 2.75) is 95.8 Å². The molecule has 0 amide bonds. The van der Waals surface area contributed by atoms with E-state index < -0.39 is 52.9 Å². The summed E-state index contributed by atoms with van der Waals surface area (Å²) in [6.07, 6.45) is -1.21. The summed E-state index contributed by atoms with van der Waals surface area (Å²) in [7, 11) is 0. The van der Waals surface area contributed by atoms with E-state index in [9.17, 15) is 26.3 Å². The predicted molar refractivity (Wildman–Crippen MR) is 148 cm³/mol. The Kier molecular flexibility index (Phi) is 9.56. The zero-order valence-corrected chi connectivity index (χ0v) is 24.2. The summed E-state index contributed by atoms with van der Waals surface area (Å²) in [6.45, 7) is 1.92. The molecule has 44 heavy (non-hydrogen) atoms. The molecule has 10 heteroatoms. The summed E-state index contributed by atoms with van der Waals surface area (Å²) in [4.78, 5) is 0. The number of halogens is 9. The first-order valence-electron chi connectivity index (χ1n) is 15.1. The van der Waals surface area contributed by atoms with Crippen LogP contribution in [0, 0.1) is 40.8 Å². The summed E-state index contributed by atoms with van der Waals surface area (Å²) in [5.41, 5.74) is 0.821. The molecule has 0 saturated heterocycles. The van der Waals surface area contributed by atoms with Gasteiger partial charge in [-0.3, -0.25) is 0 Å². The molecule has 0 aromatic heterocycles. The van der Waals surface area contributed by atoms with Crippen molar-refractivity contribution >= 4 is 0 Å². The molecule has 1 nitrogen and oxygen atoms in total. The average Bonchev–Trinajstić information content (AvgIpc) is 2.96. The van der Waals surface area contributed by atoms with Crippen LogP contribution in [0.1, 0.15) is 97.1 Å². The minimum Gasteiger partial charge on any atom is -0.403 e. The monoisotopic (exact) mass is 628 g/mol. The Labute approximate surface area is 250 Å². The van der Waals surface area contributed by atoms with Crippen LogP contribution in [0.2, 0.25) is 0 Å². The lowest BCUT2D eigenvalue weighted by Gasteiger charge is -2.32. The van der Waals surface area contributed by atoms with Gasteiger partial charge in [-0.1, -0.05) is 19.4 Å². The SMILES string of the molecule is CCCc1cc(F)c(CCC2CCc3c(F)c(C4CCC(c5ccc(OC(F)(F)F)c(F)c5)CC4)c(F)c(F)c3C2)c(F)c1. The van der Waals surface area contributed by atoms with Crippen LogP contribution in [-0.4, -0.2) is 6.36 Å². The van der Waals surface area contributed by atoms with Crippen molar-refractivity contribution in [1.29, 1.82) is 0 Å². The highest BCUT2D eigenvalue weighted by atomic mass is 19.4. The molecule has 0 N–H and O–H groups in total. The maximum Gasteiger partial charge on any atom is 0.573 e. The molecule has 0 heterocycles. The Morgan fingerprint density at radius 2 is 1.39 bits per heavy atom. The lowest BCUT2D eigenvalue weighted by atomic mass is 9.73. The number of fused-ring (bicyclic) bond motifs is 1. The minimum atomic E-state index is -5.03. The summed E-state index contributed by atoms with van der Waals surface area (Å²) in [5.74, 6) is -7.46. The zero-order chi connectivity index (χ0) is 31.8. The van der Waals surface area contributed by atoms with E-state index in [-0.39, 0.29) is 66.2 Å². The molecule has 0 radical (unpaired) electrons. The number of ether oxygens (including phenoxy) is 1. The molecule has 1 saturated carbocycles. The van der Waals surface area contributed by atoms with Gasteiger partial charge in [-0.15, -0.1) is 13.2 Å². The van der Waals surface area contributed by atoms with Crippen LogP contribution in [0.5, 0.6) is 5.75 Å². The third-order valence-corrected chi connectivity index (χ3v) is 9.19. The van der Waals surface area contributed by atoms with Gasteiger partial charge < -0.3 is 4.74 Å². The number of hydrogen-bond donors (Lipinski definition) is 0. The Morgan fingerprint density at radius 1 is 0.727 bits per heavy atom. The molecule has 1 atom stereocenters. The van der Waals surface area contributed by atoms with Crippen LogP contribution >= 0.6 is 0 Å². The number of hydrogen-bond acceptors (Lipinski definition) is 1. The summed E-state index contributed by atoms with van der Waals surface area (Å²) in [6, 6.07) is 5.89. The minimum absolute atomic E-state index is 0.0236. The first-order chi connectivity index (χ1) is 20.9. The third kappa shape index (κ3) is 6.89. The summed E-state index contributed by atoms with van der Waals surface area (Å²) < 4.78 is 131. The topological polar surface area (TPSA) is 9.23 Å². The van der Waals surface area contributed by atoms with E-state index >= 15 is 13.2 Å². The van der Waals surface area contributed by atoms with Gasteiger partial charge in [0.15, 0.2) is 23.2 Å². The molecular weight excluding hydrogens is 595 g/mol. The van der Waals surface area contributed by atoms with Gasteiger partial charge in [0, 0.05) is 11.1 Å². The van der Waals surface area contributed by atoms with Crippen molar-refractivity contribution in [3.8, 4) is 5.75 Å². The van der Waals surface area contributed by atoms with Gasteiger partial charge in [0.1, 0.15) is 17.5 Å². The van der Waals surface area contributed by atoms with Crippen LogP contribution < -0.4 is 4.74 Å². The Bertz CT molecular complexity index is 1480. The second-order valence-electron chi connectivity index (χ2n) is 12.0. The van der Waals surface area contributed by atoms with Crippen LogP contribution in [0.25, 0.3) is 0 Å². The lowest BCUT2D eigenvalue weighted by Crippen LogP contribution is -2.23. The molecule has 1 fully saturated rings. The van der Waals surface area contributed by atoms with Crippen LogP contribution in [-0.2, 0) is 25.7 Å². The van der Waals surface area contributed by atoms with Crippen LogP contribution in [0.3, 0.4) is 0 Å². The average molecular weight is 629 g/mol. The fourth-order valence-electron chi connectivity index (χ4n) is 6.96. The van der Waals surface area contributed by atoms with Gasteiger partial charge in [-0.25, -0.2) is 26.3 Å². The van der Waals surface area contributed by atoms with E-state index in [0.717, 1.165) is 18.6 Å². The standard InChI is InChI=1S/C34H33F9O/c1-2-3-19-15-26(35)24(27(36)16-19)12-5-18-4-11-23-25(14-18)32(39)33(40)30(31(23)38)21-8-6-20(7-9-21)22-10-13-29(28(37)17-22)44-34(41,42)43/h10,13,15-18,20-21H,2-9,11-12,14H2,1H3. The van der Waals surface area contributed by atoms with Gasteiger partial charge in [0.25, 0.3) is 0 Å². The maximum absolute atomic E-state index is 15.8. The molecule has 3 aromatic carbocycles. The molecular formula is C34H33F9O. The quantitative estimate of drug-likeness (QED) is 0.178. The largest absolute Gasteiger partial charge is 0.573 e. The van der Waals surface area contributed by atoms with Crippen molar-refractivity contribution < 1.29 is 44.3 Å². The van der Waals surface area contributed by atoms with E-state index in [2.05, 4.69) is 4.74 Å². The fourth-order valence-corrected chi connectivity index (χ4v) is 6.96. The van der Waals surface area contributed by atoms with Gasteiger partial charge >= 0.3 is 6.36 Å². The predicted octanol–water partition coefficient (Wildman–Crippen LogP) is 10.6. The molecule has 5 rings (SSSR count). The first kappa shape index (κ1) is 32.2. The number of benzene rings is 3. The second kappa shape index (κ2) is 13.1. The smallest absolute Gasteiger partial charge is 0.403 e. The second-order valence-corrected chi connectivity index (χ2v) is 12.0. The van der Waals surface area contributed by atoms with Crippen molar-refractivity contribution in [3.05, 3.63) is 98.6 Å². The normalized spacial score (nSPS) is 20.5. The first-order valence-corrected chi connectivity index (χ1v) is 15.1. The van der Waals surface area contributed by atoms with E-state index in [4.69, 9.17) is 0 Å². The molecule has 0 aliphatic heterocycles. The summed E-state index contributed by atoms with van der Waals surface area (Å²) in [5, 5.41) is 0. The van der Waals surface area contributed by atoms with Crippen molar-refractivity contribution in [1.82, 2.24) is 0 Å². The van der Waals surface area contributed by atoms with Crippen molar-refractivity contribution in [2.24, 2.45) is 5.92 Å². The highest BCUT2D eigenvalue weighted by Gasteiger charge is 2.36. The zero-order valence-electron chi connectivity index (χ0n) is 24.2.